The second kappa shape index (κ2) is 4.94. The molecule has 1 unspecified atom stereocenters. The highest BCUT2D eigenvalue weighted by molar-refractivity contribution is 6.46. The van der Waals surface area contributed by atoms with Gasteiger partial charge in [0.15, 0.2) is 0 Å². The number of benzene rings is 1. The zero-order valence-electron chi connectivity index (χ0n) is 10.6. The molecule has 19 heavy (non-hydrogen) atoms. The highest BCUT2D eigenvalue weighted by Gasteiger charge is 2.28. The molecule has 3 nitrogen and oxygen atoms in total. The standard InChI is InChI=1S/C16H15NO2/c18-15-8-12-6-7-17-10-14(13(12)9-16(15)19)11-4-2-1-3-5-11/h1-5,8-9,14,17H,6-7,10H2. The van der Waals surface area contributed by atoms with Gasteiger partial charge < -0.3 is 5.32 Å². The van der Waals surface area contributed by atoms with Crippen molar-refractivity contribution in [1.29, 1.82) is 0 Å². The van der Waals surface area contributed by atoms with Gasteiger partial charge >= 0.3 is 0 Å². The Labute approximate surface area is 112 Å². The summed E-state index contributed by atoms with van der Waals surface area (Å²) in [6, 6.07) is 10.1. The fraction of sp³-hybridized carbons (Fsp3) is 0.250. The Morgan fingerprint density at radius 3 is 2.53 bits per heavy atom. The molecular weight excluding hydrogens is 238 g/mol. The third-order valence-corrected chi connectivity index (χ3v) is 3.70. The van der Waals surface area contributed by atoms with Crippen LogP contribution >= 0.6 is 0 Å². The van der Waals surface area contributed by atoms with E-state index < -0.39 is 11.6 Å². The molecule has 1 aromatic rings. The van der Waals surface area contributed by atoms with E-state index in [1.165, 1.54) is 17.7 Å². The van der Waals surface area contributed by atoms with E-state index in [4.69, 9.17) is 0 Å². The van der Waals surface area contributed by atoms with Crippen LogP contribution in [0.2, 0.25) is 0 Å². The molecule has 0 spiro atoms. The van der Waals surface area contributed by atoms with E-state index in [0.717, 1.165) is 30.7 Å². The monoisotopic (exact) mass is 253 g/mol. The Kier molecular flexibility index (Phi) is 3.13. The molecule has 3 heteroatoms. The van der Waals surface area contributed by atoms with Gasteiger partial charge in [-0.3, -0.25) is 9.59 Å². The smallest absolute Gasteiger partial charge is 0.226 e. The first-order chi connectivity index (χ1) is 9.25. The summed E-state index contributed by atoms with van der Waals surface area (Å²) in [6.07, 6.45) is 3.84. The maximum absolute atomic E-state index is 11.6. The van der Waals surface area contributed by atoms with E-state index in [0.29, 0.717) is 0 Å². The van der Waals surface area contributed by atoms with Gasteiger partial charge in [-0.15, -0.1) is 0 Å². The molecule has 0 aromatic heterocycles. The minimum absolute atomic E-state index is 0.145. The van der Waals surface area contributed by atoms with Crippen molar-refractivity contribution < 1.29 is 9.59 Å². The lowest BCUT2D eigenvalue weighted by Crippen LogP contribution is -2.21. The Bertz CT molecular complexity index is 584. The summed E-state index contributed by atoms with van der Waals surface area (Å²) in [7, 11) is 0. The molecule has 1 heterocycles. The summed E-state index contributed by atoms with van der Waals surface area (Å²) in [5.41, 5.74) is 3.18. The van der Waals surface area contributed by atoms with Crippen molar-refractivity contribution in [2.75, 3.05) is 13.1 Å². The number of hydrogen-bond acceptors (Lipinski definition) is 3. The predicted octanol–water partition coefficient (Wildman–Crippen LogP) is 1.77. The Hall–Kier alpha value is -2.00. The lowest BCUT2D eigenvalue weighted by molar-refractivity contribution is -0.131. The summed E-state index contributed by atoms with van der Waals surface area (Å²) in [5.74, 6) is -0.652. The molecule has 1 N–H and O–H groups in total. The van der Waals surface area contributed by atoms with Crippen molar-refractivity contribution in [3.05, 3.63) is 59.2 Å². The third-order valence-electron chi connectivity index (χ3n) is 3.70. The van der Waals surface area contributed by atoms with Gasteiger partial charge in [-0.2, -0.15) is 0 Å². The van der Waals surface area contributed by atoms with E-state index in [2.05, 4.69) is 17.4 Å². The van der Waals surface area contributed by atoms with Crippen LogP contribution in [0, 0.1) is 0 Å². The van der Waals surface area contributed by atoms with E-state index in [1.807, 2.05) is 18.2 Å². The Morgan fingerprint density at radius 1 is 1.00 bits per heavy atom. The van der Waals surface area contributed by atoms with Gasteiger partial charge in [0, 0.05) is 12.5 Å². The van der Waals surface area contributed by atoms with Crippen molar-refractivity contribution in [1.82, 2.24) is 5.32 Å². The van der Waals surface area contributed by atoms with Crippen molar-refractivity contribution in [3.63, 3.8) is 0 Å². The predicted molar refractivity (Wildman–Crippen MR) is 72.8 cm³/mol. The maximum atomic E-state index is 11.6. The maximum Gasteiger partial charge on any atom is 0.226 e. The van der Waals surface area contributed by atoms with Gasteiger partial charge in [0.25, 0.3) is 0 Å². The molecule has 0 amide bonds. The summed E-state index contributed by atoms with van der Waals surface area (Å²) in [6.45, 7) is 1.64. The van der Waals surface area contributed by atoms with Crippen molar-refractivity contribution in [2.45, 2.75) is 12.3 Å². The highest BCUT2D eigenvalue weighted by atomic mass is 16.2. The molecule has 0 bridgehead atoms. The molecule has 3 rings (SSSR count). The first kappa shape index (κ1) is 12.1. The van der Waals surface area contributed by atoms with E-state index in [1.54, 1.807) is 0 Å². The number of carbonyl (C=O) groups excluding carboxylic acids is 2. The fourth-order valence-electron chi connectivity index (χ4n) is 2.72. The van der Waals surface area contributed by atoms with Gasteiger partial charge in [0.05, 0.1) is 0 Å². The third kappa shape index (κ3) is 2.29. The molecule has 0 saturated carbocycles. The molecule has 2 aliphatic rings. The fourth-order valence-corrected chi connectivity index (χ4v) is 2.72. The minimum Gasteiger partial charge on any atom is -0.315 e. The molecule has 1 aromatic carbocycles. The molecule has 96 valence electrons. The topological polar surface area (TPSA) is 46.2 Å². The quantitative estimate of drug-likeness (QED) is 0.613. The Balaban J connectivity index is 2.05. The minimum atomic E-state index is -0.401. The largest absolute Gasteiger partial charge is 0.315 e. The zero-order chi connectivity index (χ0) is 13.2. The second-order valence-electron chi connectivity index (χ2n) is 4.92. The van der Waals surface area contributed by atoms with Crippen LogP contribution in [0.15, 0.2) is 53.6 Å². The van der Waals surface area contributed by atoms with Gasteiger partial charge in [-0.1, -0.05) is 30.3 Å². The van der Waals surface area contributed by atoms with Crippen LogP contribution in [0.1, 0.15) is 17.9 Å². The van der Waals surface area contributed by atoms with Crippen molar-refractivity contribution in [3.8, 4) is 0 Å². The molecule has 1 aliphatic heterocycles. The number of fused-ring (bicyclic) bond motifs is 1. The average molecular weight is 253 g/mol. The molecule has 1 atom stereocenters. The highest BCUT2D eigenvalue weighted by Crippen LogP contribution is 2.34. The number of hydrogen-bond donors (Lipinski definition) is 1. The molecular formula is C16H15NO2. The first-order valence-corrected chi connectivity index (χ1v) is 6.52. The van der Waals surface area contributed by atoms with Crippen LogP contribution in [0.3, 0.4) is 0 Å². The van der Waals surface area contributed by atoms with Gasteiger partial charge in [-0.05, 0) is 41.8 Å². The summed E-state index contributed by atoms with van der Waals surface area (Å²) < 4.78 is 0. The molecule has 1 saturated heterocycles. The molecule has 1 aliphatic carbocycles. The zero-order valence-corrected chi connectivity index (χ0v) is 10.6. The van der Waals surface area contributed by atoms with Crippen LogP contribution < -0.4 is 5.32 Å². The van der Waals surface area contributed by atoms with Crippen LogP contribution in [0.4, 0.5) is 0 Å². The lowest BCUT2D eigenvalue weighted by atomic mass is 9.82. The van der Waals surface area contributed by atoms with Crippen molar-refractivity contribution >= 4 is 11.6 Å². The van der Waals surface area contributed by atoms with Gasteiger partial charge in [0.1, 0.15) is 0 Å². The number of nitrogens with one attached hydrogen (secondary N) is 1. The van der Waals surface area contributed by atoms with Crippen LogP contribution in [0.25, 0.3) is 0 Å². The second-order valence-corrected chi connectivity index (χ2v) is 4.92. The van der Waals surface area contributed by atoms with Crippen LogP contribution in [-0.4, -0.2) is 24.7 Å². The van der Waals surface area contributed by atoms with E-state index >= 15 is 0 Å². The van der Waals surface area contributed by atoms with Gasteiger partial charge in [0.2, 0.25) is 11.6 Å². The Morgan fingerprint density at radius 2 is 1.74 bits per heavy atom. The van der Waals surface area contributed by atoms with E-state index in [-0.39, 0.29) is 5.92 Å². The average Bonchev–Trinajstić information content (AvgIpc) is 2.63. The molecule has 0 radical (unpaired) electrons. The first-order valence-electron chi connectivity index (χ1n) is 6.52. The number of allylic oxidation sites excluding steroid dienone is 2. The molecule has 1 fully saturated rings. The summed E-state index contributed by atoms with van der Waals surface area (Å²) >= 11 is 0. The number of rotatable bonds is 1. The van der Waals surface area contributed by atoms with Crippen LogP contribution in [-0.2, 0) is 9.59 Å². The SMILES string of the molecule is O=C1C=C2CCNCC(c3ccccc3)C2=CC1=O. The normalized spacial score (nSPS) is 23.3. The van der Waals surface area contributed by atoms with E-state index in [9.17, 15) is 9.59 Å². The summed E-state index contributed by atoms with van der Waals surface area (Å²) in [5, 5.41) is 3.38. The number of carbonyl (C=O) groups is 2. The lowest BCUT2D eigenvalue weighted by Gasteiger charge is -2.21. The van der Waals surface area contributed by atoms with Crippen molar-refractivity contribution in [2.24, 2.45) is 0 Å². The van der Waals surface area contributed by atoms with Crippen LogP contribution in [0.5, 0.6) is 0 Å². The number of ketones is 2. The summed E-state index contributed by atoms with van der Waals surface area (Å²) in [4.78, 5) is 23.2. The van der Waals surface area contributed by atoms with Gasteiger partial charge in [-0.25, -0.2) is 0 Å².